The number of fused-ring (bicyclic) bond motifs is 1. The Labute approximate surface area is 105 Å². The highest BCUT2D eigenvalue weighted by Gasteiger charge is 2.10. The first-order valence-corrected chi connectivity index (χ1v) is 5.76. The van der Waals surface area contributed by atoms with E-state index in [1.54, 1.807) is 6.20 Å². The Morgan fingerprint density at radius 3 is 2.81 bits per heavy atom. The van der Waals surface area contributed by atoms with Crippen LogP contribution in [-0.4, -0.2) is 15.1 Å². The van der Waals surface area contributed by atoms with Crippen LogP contribution in [0.1, 0.15) is 0 Å². The van der Waals surface area contributed by atoms with Crippen molar-refractivity contribution in [3.05, 3.63) is 40.4 Å². The molecule has 0 amide bonds. The minimum Gasteiger partial charge on any atom is -0.333 e. The highest BCUT2D eigenvalue weighted by Crippen LogP contribution is 2.25. The van der Waals surface area contributed by atoms with Crippen molar-refractivity contribution in [2.75, 3.05) is 0 Å². The van der Waals surface area contributed by atoms with Gasteiger partial charge in [-0.1, -0.05) is 23.4 Å². The number of nitrogens with zero attached hydrogens (tertiary/aromatic N) is 3. The first-order chi connectivity index (χ1) is 7.84. The van der Waals surface area contributed by atoms with Crippen LogP contribution in [0.5, 0.6) is 0 Å². The Kier molecular flexibility index (Phi) is 2.32. The Morgan fingerprint density at radius 1 is 1.12 bits per heavy atom. The third-order valence-electron chi connectivity index (χ3n) is 2.26. The maximum atomic E-state index is 5.15. The molecule has 2 heterocycles. The van der Waals surface area contributed by atoms with Crippen LogP contribution in [0, 0.1) is 3.83 Å². The summed E-state index contributed by atoms with van der Waals surface area (Å²) in [5.41, 5.74) is 1.75. The van der Waals surface area contributed by atoms with E-state index >= 15 is 0 Å². The lowest BCUT2D eigenvalue weighted by Crippen LogP contribution is -1.84. The molecule has 0 unspecified atom stereocenters. The van der Waals surface area contributed by atoms with Crippen LogP contribution in [0.25, 0.3) is 22.4 Å². The van der Waals surface area contributed by atoms with Crippen molar-refractivity contribution in [2.45, 2.75) is 0 Å². The Bertz CT molecular complexity index is 645. The van der Waals surface area contributed by atoms with E-state index in [-0.39, 0.29) is 0 Å². The lowest BCUT2D eigenvalue weighted by atomic mass is 10.1. The molecule has 0 saturated heterocycles. The summed E-state index contributed by atoms with van der Waals surface area (Å²) in [6, 6.07) is 9.80. The van der Waals surface area contributed by atoms with Crippen LogP contribution >= 0.6 is 22.6 Å². The maximum Gasteiger partial charge on any atom is 0.260 e. The SMILES string of the molecule is Ic1noc(-c2cccc3cccnc23)n1. The summed E-state index contributed by atoms with van der Waals surface area (Å²) < 4.78 is 5.75. The van der Waals surface area contributed by atoms with Gasteiger partial charge < -0.3 is 4.52 Å². The first-order valence-electron chi connectivity index (χ1n) is 4.68. The van der Waals surface area contributed by atoms with Crippen LogP contribution in [-0.2, 0) is 0 Å². The summed E-state index contributed by atoms with van der Waals surface area (Å²) in [5, 5.41) is 4.84. The molecule has 5 heteroatoms. The first kappa shape index (κ1) is 9.71. The Morgan fingerprint density at radius 2 is 2.00 bits per heavy atom. The van der Waals surface area contributed by atoms with Gasteiger partial charge in [0.1, 0.15) is 0 Å². The number of hydrogen-bond donors (Lipinski definition) is 0. The van der Waals surface area contributed by atoms with Gasteiger partial charge in [-0.15, -0.1) is 0 Å². The molecule has 0 aliphatic carbocycles. The highest BCUT2D eigenvalue weighted by atomic mass is 127. The highest BCUT2D eigenvalue weighted by molar-refractivity contribution is 14.1. The summed E-state index contributed by atoms with van der Waals surface area (Å²) in [6.45, 7) is 0. The summed E-state index contributed by atoms with van der Waals surface area (Å²) in [4.78, 5) is 8.54. The smallest absolute Gasteiger partial charge is 0.260 e. The maximum absolute atomic E-state index is 5.15. The lowest BCUT2D eigenvalue weighted by molar-refractivity contribution is 0.426. The molecule has 3 rings (SSSR count). The summed E-state index contributed by atoms with van der Waals surface area (Å²) in [7, 11) is 0. The van der Waals surface area contributed by atoms with Gasteiger partial charge in [-0.2, -0.15) is 4.98 Å². The number of para-hydroxylation sites is 1. The second-order valence-electron chi connectivity index (χ2n) is 3.25. The van der Waals surface area contributed by atoms with Gasteiger partial charge in [0, 0.05) is 34.2 Å². The van der Waals surface area contributed by atoms with Crippen LogP contribution < -0.4 is 0 Å². The van der Waals surface area contributed by atoms with Crippen LogP contribution in [0.15, 0.2) is 41.1 Å². The van der Waals surface area contributed by atoms with Gasteiger partial charge in [-0.05, 0) is 12.1 Å². The third kappa shape index (κ3) is 1.57. The van der Waals surface area contributed by atoms with Crippen LogP contribution in [0.2, 0.25) is 0 Å². The van der Waals surface area contributed by atoms with E-state index in [2.05, 4.69) is 15.1 Å². The number of halogens is 1. The largest absolute Gasteiger partial charge is 0.333 e. The quantitative estimate of drug-likeness (QED) is 0.646. The van der Waals surface area contributed by atoms with Crippen molar-refractivity contribution < 1.29 is 4.52 Å². The minimum atomic E-state index is 0.508. The zero-order chi connectivity index (χ0) is 11.0. The molecule has 0 spiro atoms. The summed E-state index contributed by atoms with van der Waals surface area (Å²) >= 11 is 2.01. The van der Waals surface area contributed by atoms with E-state index < -0.39 is 0 Å². The fourth-order valence-corrected chi connectivity index (χ4v) is 1.91. The van der Waals surface area contributed by atoms with Crippen LogP contribution in [0.4, 0.5) is 0 Å². The monoisotopic (exact) mass is 323 g/mol. The Hall–Kier alpha value is -1.50. The number of aromatic nitrogens is 3. The number of rotatable bonds is 1. The van der Waals surface area contributed by atoms with E-state index in [1.165, 1.54) is 0 Å². The molecule has 0 N–H and O–H groups in total. The molecule has 0 aliphatic heterocycles. The fourth-order valence-electron chi connectivity index (χ4n) is 1.59. The third-order valence-corrected chi connectivity index (χ3v) is 2.70. The van der Waals surface area contributed by atoms with Gasteiger partial charge in [-0.25, -0.2) is 0 Å². The molecule has 78 valence electrons. The van der Waals surface area contributed by atoms with Gasteiger partial charge >= 0.3 is 0 Å². The van der Waals surface area contributed by atoms with Crippen LogP contribution in [0.3, 0.4) is 0 Å². The lowest BCUT2D eigenvalue weighted by Gasteiger charge is -1.99. The molecule has 1 aromatic carbocycles. The van der Waals surface area contributed by atoms with Crippen molar-refractivity contribution >= 4 is 33.5 Å². The summed E-state index contributed by atoms with van der Waals surface area (Å²) in [5.74, 6) is 0.508. The average molecular weight is 323 g/mol. The normalized spacial score (nSPS) is 10.8. The summed E-state index contributed by atoms with van der Waals surface area (Å²) in [6.07, 6.45) is 1.76. The molecule has 3 aromatic rings. The Balaban J connectivity index is 2.31. The van der Waals surface area contributed by atoms with E-state index in [0.29, 0.717) is 9.72 Å². The average Bonchev–Trinajstić information content (AvgIpc) is 2.75. The molecular formula is C11H6IN3O. The molecule has 2 aromatic heterocycles. The number of hydrogen-bond acceptors (Lipinski definition) is 4. The second kappa shape index (κ2) is 3.82. The minimum absolute atomic E-state index is 0.508. The van der Waals surface area contributed by atoms with E-state index in [1.807, 2.05) is 52.9 Å². The molecule has 0 radical (unpaired) electrons. The zero-order valence-electron chi connectivity index (χ0n) is 8.09. The zero-order valence-corrected chi connectivity index (χ0v) is 10.2. The molecule has 0 aliphatic rings. The molecule has 0 saturated carbocycles. The predicted octanol–water partition coefficient (Wildman–Crippen LogP) is 2.89. The van der Waals surface area contributed by atoms with Crippen molar-refractivity contribution in [1.29, 1.82) is 0 Å². The molecular weight excluding hydrogens is 317 g/mol. The van der Waals surface area contributed by atoms with Gasteiger partial charge in [0.2, 0.25) is 3.83 Å². The van der Waals surface area contributed by atoms with E-state index in [4.69, 9.17) is 4.52 Å². The van der Waals surface area contributed by atoms with E-state index in [9.17, 15) is 0 Å². The number of benzene rings is 1. The van der Waals surface area contributed by atoms with Gasteiger partial charge in [0.05, 0.1) is 11.1 Å². The van der Waals surface area contributed by atoms with Gasteiger partial charge in [0.15, 0.2) is 0 Å². The second-order valence-corrected chi connectivity index (χ2v) is 4.21. The van der Waals surface area contributed by atoms with Crippen molar-refractivity contribution in [3.63, 3.8) is 0 Å². The number of pyridine rings is 1. The van der Waals surface area contributed by atoms with Gasteiger partial charge in [0.25, 0.3) is 5.89 Å². The van der Waals surface area contributed by atoms with E-state index in [0.717, 1.165) is 16.5 Å². The molecule has 0 atom stereocenters. The predicted molar refractivity (Wildman–Crippen MR) is 67.8 cm³/mol. The fraction of sp³-hybridized carbons (Fsp3) is 0. The van der Waals surface area contributed by atoms with Crippen molar-refractivity contribution in [2.24, 2.45) is 0 Å². The van der Waals surface area contributed by atoms with Gasteiger partial charge in [-0.3, -0.25) is 4.98 Å². The molecule has 0 bridgehead atoms. The molecule has 4 nitrogen and oxygen atoms in total. The standard InChI is InChI=1S/C11H6IN3O/c12-11-14-10(16-15-11)8-5-1-3-7-4-2-6-13-9(7)8/h1-6H. The molecule has 0 fully saturated rings. The topological polar surface area (TPSA) is 51.8 Å². The van der Waals surface area contributed by atoms with Crippen molar-refractivity contribution in [3.8, 4) is 11.5 Å². The van der Waals surface area contributed by atoms with Crippen molar-refractivity contribution in [1.82, 2.24) is 15.1 Å². The molecule has 16 heavy (non-hydrogen) atoms.